The van der Waals surface area contributed by atoms with Crippen molar-refractivity contribution in [3.8, 4) is 5.75 Å². The van der Waals surface area contributed by atoms with Crippen molar-refractivity contribution in [2.45, 2.75) is 74.1 Å². The number of benzene rings is 1. The maximum atomic E-state index is 13.7. The minimum Gasteiger partial charge on any atom is -0.431 e. The van der Waals surface area contributed by atoms with E-state index in [4.69, 9.17) is 4.74 Å². The number of allylic oxidation sites excluding steroid dienone is 2. The van der Waals surface area contributed by atoms with Gasteiger partial charge in [-0.15, -0.1) is 0 Å². The second-order valence-electron chi connectivity index (χ2n) is 11.4. The van der Waals surface area contributed by atoms with Crippen LogP contribution in [0.4, 0.5) is 4.39 Å². The Balaban J connectivity index is 2.31. The first kappa shape index (κ1) is 30.4. The van der Waals surface area contributed by atoms with Crippen LogP contribution in [0.15, 0.2) is 54.4 Å². The third kappa shape index (κ3) is 9.59. The smallest absolute Gasteiger partial charge is 0.270 e. The molecule has 3 atom stereocenters. The predicted octanol–water partition coefficient (Wildman–Crippen LogP) is 9.96. The molecule has 3 unspecified atom stereocenters. The van der Waals surface area contributed by atoms with E-state index in [1.54, 1.807) is 11.8 Å². The van der Waals surface area contributed by atoms with E-state index in [1.165, 1.54) is 24.2 Å². The molecule has 1 aromatic carbocycles. The molecule has 1 aliphatic rings. The minimum atomic E-state index is -0.814. The Morgan fingerprint density at radius 3 is 2.56 bits per heavy atom. The number of halogens is 1. The molecule has 1 heterocycles. The fourth-order valence-corrected chi connectivity index (χ4v) is 6.08. The quantitative estimate of drug-likeness (QED) is 0.258. The fraction of sp³-hybridized carbons (Fsp3) is 0.562. The molecule has 0 saturated carbocycles. The summed E-state index contributed by atoms with van der Waals surface area (Å²) in [7, 11) is 0. The van der Waals surface area contributed by atoms with Crippen molar-refractivity contribution < 1.29 is 9.13 Å². The highest BCUT2D eigenvalue weighted by Crippen LogP contribution is 2.41. The summed E-state index contributed by atoms with van der Waals surface area (Å²) >= 11 is 1.69. The average molecular weight is 514 g/mol. The summed E-state index contributed by atoms with van der Waals surface area (Å²) in [5.41, 5.74) is 2.06. The molecule has 0 amide bonds. The van der Waals surface area contributed by atoms with Crippen LogP contribution in [0.3, 0.4) is 0 Å². The Labute approximate surface area is 224 Å². The summed E-state index contributed by atoms with van der Waals surface area (Å²) in [4.78, 5) is 4.83. The first-order valence-electron chi connectivity index (χ1n) is 13.6. The Hall–Kier alpha value is -1.78. The summed E-state index contributed by atoms with van der Waals surface area (Å²) in [6.45, 7) is 26.8. The zero-order chi connectivity index (χ0) is 26.9. The van der Waals surface area contributed by atoms with E-state index in [0.717, 1.165) is 48.0 Å². The first-order valence-corrected chi connectivity index (χ1v) is 14.4. The van der Waals surface area contributed by atoms with Gasteiger partial charge in [-0.05, 0) is 67.2 Å². The van der Waals surface area contributed by atoms with Crippen LogP contribution in [0.2, 0.25) is 0 Å². The summed E-state index contributed by atoms with van der Waals surface area (Å²) in [5, 5.41) is 0. The Morgan fingerprint density at radius 1 is 1.25 bits per heavy atom. The van der Waals surface area contributed by atoms with Crippen LogP contribution in [0.1, 0.15) is 85.3 Å². The summed E-state index contributed by atoms with van der Waals surface area (Å²) in [6.07, 6.45) is 11.3. The zero-order valence-corrected chi connectivity index (χ0v) is 24.5. The molecule has 36 heavy (non-hydrogen) atoms. The largest absolute Gasteiger partial charge is 0.431 e. The average Bonchev–Trinajstić information content (AvgIpc) is 2.78. The van der Waals surface area contributed by atoms with Gasteiger partial charge in [0.25, 0.3) is 6.01 Å². The third-order valence-corrected chi connectivity index (χ3v) is 8.16. The molecular formula is C32H48FNOS. The molecule has 1 aliphatic heterocycles. The molecule has 1 aromatic rings. The van der Waals surface area contributed by atoms with Gasteiger partial charge in [0, 0.05) is 35.0 Å². The zero-order valence-electron chi connectivity index (χ0n) is 23.7. The number of ether oxygens (including phenoxy) is 1. The lowest BCUT2D eigenvalue weighted by atomic mass is 9.72. The van der Waals surface area contributed by atoms with Gasteiger partial charge in [0.2, 0.25) is 0 Å². The molecule has 0 radical (unpaired) electrons. The Bertz CT molecular complexity index is 942. The van der Waals surface area contributed by atoms with Gasteiger partial charge in [-0.1, -0.05) is 97.0 Å². The molecule has 200 valence electrons. The molecule has 0 aliphatic carbocycles. The topological polar surface area (TPSA) is 12.5 Å². The van der Waals surface area contributed by atoms with Crippen LogP contribution in [-0.4, -0.2) is 24.5 Å². The van der Waals surface area contributed by atoms with Gasteiger partial charge in [-0.2, -0.15) is 4.39 Å². The maximum absolute atomic E-state index is 13.7. The Kier molecular flexibility index (Phi) is 12.0. The van der Waals surface area contributed by atoms with Gasteiger partial charge in [-0.25, -0.2) is 0 Å². The highest BCUT2D eigenvalue weighted by atomic mass is 32.2. The van der Waals surface area contributed by atoms with Crippen LogP contribution in [0.5, 0.6) is 5.75 Å². The lowest BCUT2D eigenvalue weighted by Gasteiger charge is -2.43. The maximum Gasteiger partial charge on any atom is 0.270 e. The molecule has 1 saturated heterocycles. The molecule has 0 aromatic heterocycles. The number of thioether (sulfide) groups is 1. The van der Waals surface area contributed by atoms with Crippen LogP contribution in [0, 0.1) is 23.2 Å². The van der Waals surface area contributed by atoms with E-state index >= 15 is 0 Å². The second-order valence-corrected chi connectivity index (χ2v) is 12.6. The lowest BCUT2D eigenvalue weighted by molar-refractivity contribution is 0.0658. The molecule has 0 spiro atoms. The summed E-state index contributed by atoms with van der Waals surface area (Å²) < 4.78 is 19.1. The second kappa shape index (κ2) is 14.2. The van der Waals surface area contributed by atoms with Gasteiger partial charge in [0.1, 0.15) is 5.75 Å². The van der Waals surface area contributed by atoms with Crippen molar-refractivity contribution in [2.75, 3.05) is 19.6 Å². The number of hydrogen-bond acceptors (Lipinski definition) is 3. The molecule has 2 rings (SSSR count). The predicted molar refractivity (Wildman–Crippen MR) is 159 cm³/mol. The van der Waals surface area contributed by atoms with Crippen LogP contribution in [0.25, 0.3) is 11.0 Å². The van der Waals surface area contributed by atoms with E-state index in [1.807, 2.05) is 37.3 Å². The van der Waals surface area contributed by atoms with Crippen LogP contribution < -0.4 is 4.74 Å². The number of likely N-dealkylation sites (tertiary alicyclic amines) is 1. The van der Waals surface area contributed by atoms with Crippen molar-refractivity contribution >= 4 is 22.7 Å². The molecule has 0 N–H and O–H groups in total. The van der Waals surface area contributed by atoms with Gasteiger partial charge >= 0.3 is 0 Å². The van der Waals surface area contributed by atoms with E-state index in [-0.39, 0.29) is 0 Å². The molecule has 0 bridgehead atoms. The van der Waals surface area contributed by atoms with Crippen molar-refractivity contribution in [3.05, 3.63) is 65.6 Å². The van der Waals surface area contributed by atoms with E-state index < -0.39 is 6.01 Å². The number of piperidine rings is 1. The van der Waals surface area contributed by atoms with Crippen LogP contribution >= 0.6 is 11.8 Å². The monoisotopic (exact) mass is 513 g/mol. The van der Waals surface area contributed by atoms with Crippen molar-refractivity contribution in [1.82, 2.24) is 4.90 Å². The molecule has 2 nitrogen and oxygen atoms in total. The highest BCUT2D eigenvalue weighted by molar-refractivity contribution is 8.11. The summed E-state index contributed by atoms with van der Waals surface area (Å²) in [5.74, 6) is 2.37. The first-order chi connectivity index (χ1) is 17.0. The SMILES string of the molecule is C=C(F)Oc1cc(C=CC)ccc1C(=C)S/C(=C\C(C)CC)CN1CC(CCC)CC(C(C)(C)C)C1. The Morgan fingerprint density at radius 2 is 1.97 bits per heavy atom. The lowest BCUT2D eigenvalue weighted by Crippen LogP contribution is -2.45. The van der Waals surface area contributed by atoms with E-state index in [0.29, 0.717) is 23.0 Å². The number of rotatable bonds is 12. The molecule has 1 fully saturated rings. The number of nitrogens with zero attached hydrogens (tertiary/aromatic N) is 1. The summed E-state index contributed by atoms with van der Waals surface area (Å²) in [6, 6.07) is 5.02. The third-order valence-electron chi connectivity index (χ3n) is 7.17. The van der Waals surface area contributed by atoms with Gasteiger partial charge < -0.3 is 4.74 Å². The van der Waals surface area contributed by atoms with Crippen molar-refractivity contribution in [3.63, 3.8) is 0 Å². The normalized spacial score (nSPS) is 20.5. The van der Waals surface area contributed by atoms with Gasteiger partial charge in [0.05, 0.1) is 0 Å². The standard InChI is InChI=1S/C32H48FNOS/c1-10-13-26-15-16-30(31(19-26)35-25(6)33)24(5)36-29(17-23(4)12-3)22-34-20-27(14-11-2)18-28(21-34)32(7,8)9/h10,13,15-17,19,23,27-28H,5-6,11-12,14,18,20-22H2,1-4,7-9H3/b13-10?,29-17-. The van der Waals surface area contributed by atoms with E-state index in [2.05, 4.69) is 65.7 Å². The van der Waals surface area contributed by atoms with Gasteiger partial charge in [0.15, 0.2) is 0 Å². The highest BCUT2D eigenvalue weighted by Gasteiger charge is 2.34. The van der Waals surface area contributed by atoms with E-state index in [9.17, 15) is 4.39 Å². The van der Waals surface area contributed by atoms with Crippen molar-refractivity contribution in [2.24, 2.45) is 23.2 Å². The van der Waals surface area contributed by atoms with Crippen LogP contribution in [-0.2, 0) is 0 Å². The van der Waals surface area contributed by atoms with Crippen molar-refractivity contribution in [1.29, 1.82) is 0 Å². The molecule has 4 heteroatoms. The fourth-order valence-electron chi connectivity index (χ4n) is 4.93. The molecular weight excluding hydrogens is 465 g/mol. The van der Waals surface area contributed by atoms with Gasteiger partial charge in [-0.3, -0.25) is 4.90 Å². The minimum absolute atomic E-state index is 0.303. The number of hydrogen-bond donors (Lipinski definition) is 0.